The first kappa shape index (κ1) is 14.1. The number of unbranched alkanes of at least 4 members (excludes halogenated alkanes) is 2. The summed E-state index contributed by atoms with van der Waals surface area (Å²) in [6.45, 7) is 4.88. The van der Waals surface area contributed by atoms with Gasteiger partial charge in [-0.25, -0.2) is 4.98 Å². The van der Waals surface area contributed by atoms with Gasteiger partial charge in [-0.1, -0.05) is 20.3 Å². The molecule has 0 aliphatic rings. The Balaban J connectivity index is 2.29. The molecular weight excluding hydrogens is 234 g/mol. The molecule has 0 fully saturated rings. The molecule has 0 saturated heterocycles. The predicted octanol–water partition coefficient (Wildman–Crippen LogP) is 2.72. The summed E-state index contributed by atoms with van der Waals surface area (Å²) in [6, 6.07) is 0. The molecule has 1 aromatic rings. The number of amides is 1. The van der Waals surface area contributed by atoms with E-state index in [0.29, 0.717) is 24.0 Å². The van der Waals surface area contributed by atoms with Crippen LogP contribution in [0.2, 0.25) is 0 Å². The highest BCUT2D eigenvalue weighted by Gasteiger charge is 2.08. The number of nitrogens with zero attached hydrogens (tertiary/aromatic N) is 1. The Morgan fingerprint density at radius 3 is 2.82 bits per heavy atom. The van der Waals surface area contributed by atoms with Gasteiger partial charge in [-0.2, -0.15) is 0 Å². The van der Waals surface area contributed by atoms with Gasteiger partial charge in [-0.15, -0.1) is 11.3 Å². The van der Waals surface area contributed by atoms with E-state index in [9.17, 15) is 4.79 Å². The third-order valence-corrected chi connectivity index (χ3v) is 3.24. The van der Waals surface area contributed by atoms with Crippen LogP contribution in [0.1, 0.15) is 51.1 Å². The van der Waals surface area contributed by atoms with Crippen LogP contribution in [0.15, 0.2) is 5.38 Å². The van der Waals surface area contributed by atoms with Crippen molar-refractivity contribution < 1.29 is 4.79 Å². The Morgan fingerprint density at radius 2 is 2.24 bits per heavy atom. The van der Waals surface area contributed by atoms with Crippen LogP contribution in [-0.4, -0.2) is 17.4 Å². The minimum absolute atomic E-state index is 0.0478. The third-order valence-electron chi connectivity index (χ3n) is 2.47. The summed E-state index contributed by atoms with van der Waals surface area (Å²) in [5, 5.41) is 5.53. The third kappa shape index (κ3) is 5.28. The first-order chi connectivity index (χ1) is 8.13. The maximum atomic E-state index is 11.6. The second-order valence-corrected chi connectivity index (χ2v) is 5.24. The molecule has 96 valence electrons. The maximum Gasteiger partial charge on any atom is 0.226 e. The number of aromatic nitrogens is 1. The van der Waals surface area contributed by atoms with Crippen LogP contribution in [0.3, 0.4) is 0 Å². The molecular formula is C12H21N3OS. The van der Waals surface area contributed by atoms with E-state index in [2.05, 4.69) is 24.1 Å². The quantitative estimate of drug-likeness (QED) is 0.736. The predicted molar refractivity (Wildman–Crippen MR) is 72.4 cm³/mol. The van der Waals surface area contributed by atoms with Crippen LogP contribution in [0.4, 0.5) is 5.13 Å². The van der Waals surface area contributed by atoms with Crippen molar-refractivity contribution in [2.45, 2.75) is 45.4 Å². The molecule has 0 spiro atoms. The minimum atomic E-state index is 0.0478. The van der Waals surface area contributed by atoms with Crippen molar-refractivity contribution >= 4 is 22.4 Å². The summed E-state index contributed by atoms with van der Waals surface area (Å²) in [7, 11) is 0. The van der Waals surface area contributed by atoms with Crippen molar-refractivity contribution in [3.63, 3.8) is 0 Å². The van der Waals surface area contributed by atoms with E-state index in [1.165, 1.54) is 11.3 Å². The van der Waals surface area contributed by atoms with Gasteiger partial charge in [0.15, 0.2) is 5.13 Å². The van der Waals surface area contributed by atoms with Crippen molar-refractivity contribution in [2.24, 2.45) is 5.73 Å². The van der Waals surface area contributed by atoms with E-state index in [1.54, 1.807) is 0 Å². The molecule has 17 heavy (non-hydrogen) atoms. The van der Waals surface area contributed by atoms with Crippen molar-refractivity contribution in [2.75, 3.05) is 11.9 Å². The summed E-state index contributed by atoms with van der Waals surface area (Å²) in [5.41, 5.74) is 6.43. The molecule has 1 aromatic heterocycles. The Kier molecular flexibility index (Phi) is 6.15. The van der Waals surface area contributed by atoms with Gasteiger partial charge >= 0.3 is 0 Å². The van der Waals surface area contributed by atoms with E-state index in [-0.39, 0.29) is 5.91 Å². The summed E-state index contributed by atoms with van der Waals surface area (Å²) in [6.07, 6.45) is 3.45. The van der Waals surface area contributed by atoms with Gasteiger partial charge in [-0.3, -0.25) is 4.79 Å². The zero-order chi connectivity index (χ0) is 12.7. The number of carbonyl (C=O) groups is 1. The van der Waals surface area contributed by atoms with Crippen LogP contribution >= 0.6 is 11.3 Å². The largest absolute Gasteiger partial charge is 0.330 e. The molecule has 0 unspecified atom stereocenters. The van der Waals surface area contributed by atoms with Gasteiger partial charge in [0, 0.05) is 11.8 Å². The Bertz CT molecular complexity index is 349. The van der Waals surface area contributed by atoms with E-state index in [1.807, 2.05) is 5.38 Å². The highest BCUT2D eigenvalue weighted by Crippen LogP contribution is 2.21. The first-order valence-corrected chi connectivity index (χ1v) is 6.96. The molecule has 0 aliphatic carbocycles. The molecule has 0 bridgehead atoms. The lowest BCUT2D eigenvalue weighted by atomic mass is 10.2. The smallest absolute Gasteiger partial charge is 0.226 e. The van der Waals surface area contributed by atoms with E-state index < -0.39 is 0 Å². The highest BCUT2D eigenvalue weighted by atomic mass is 32.1. The molecule has 1 rings (SSSR count). The Labute approximate surface area is 107 Å². The fraction of sp³-hybridized carbons (Fsp3) is 0.667. The molecule has 4 nitrogen and oxygen atoms in total. The van der Waals surface area contributed by atoms with E-state index >= 15 is 0 Å². The summed E-state index contributed by atoms with van der Waals surface area (Å²) in [5.74, 6) is 0.452. The normalized spacial score (nSPS) is 10.8. The van der Waals surface area contributed by atoms with Crippen molar-refractivity contribution in [3.8, 4) is 0 Å². The average molecular weight is 255 g/mol. The average Bonchev–Trinajstić information content (AvgIpc) is 2.73. The van der Waals surface area contributed by atoms with Crippen LogP contribution in [0, 0.1) is 0 Å². The van der Waals surface area contributed by atoms with E-state index in [4.69, 9.17) is 5.73 Å². The molecule has 1 heterocycles. The van der Waals surface area contributed by atoms with Gasteiger partial charge in [0.05, 0.1) is 5.69 Å². The lowest BCUT2D eigenvalue weighted by Crippen LogP contribution is -2.11. The van der Waals surface area contributed by atoms with Crippen LogP contribution in [0.25, 0.3) is 0 Å². The SMILES string of the molecule is CC(C)c1csc(NC(=O)CCCCCN)n1. The van der Waals surface area contributed by atoms with Gasteiger partial charge in [-0.05, 0) is 25.3 Å². The van der Waals surface area contributed by atoms with Crippen molar-refractivity contribution in [1.82, 2.24) is 4.98 Å². The lowest BCUT2D eigenvalue weighted by molar-refractivity contribution is -0.116. The van der Waals surface area contributed by atoms with Gasteiger partial charge < -0.3 is 11.1 Å². The molecule has 0 aromatic carbocycles. The molecule has 0 radical (unpaired) electrons. The number of nitrogens with one attached hydrogen (secondary N) is 1. The standard InChI is InChI=1S/C12H21N3OS/c1-9(2)10-8-17-12(14-10)15-11(16)6-4-3-5-7-13/h8-9H,3-7,13H2,1-2H3,(H,14,15,16). The summed E-state index contributed by atoms with van der Waals surface area (Å²) >= 11 is 1.49. The number of carbonyl (C=O) groups excluding carboxylic acids is 1. The van der Waals surface area contributed by atoms with Gasteiger partial charge in [0.1, 0.15) is 0 Å². The molecule has 1 amide bonds. The Morgan fingerprint density at radius 1 is 1.47 bits per heavy atom. The molecule has 5 heteroatoms. The number of rotatable bonds is 7. The molecule has 0 aliphatic heterocycles. The Hall–Kier alpha value is -0.940. The number of hydrogen-bond acceptors (Lipinski definition) is 4. The first-order valence-electron chi connectivity index (χ1n) is 6.09. The second-order valence-electron chi connectivity index (χ2n) is 4.38. The van der Waals surface area contributed by atoms with Crippen molar-refractivity contribution in [1.29, 1.82) is 0 Å². The fourth-order valence-electron chi connectivity index (χ4n) is 1.40. The number of anilines is 1. The second kappa shape index (κ2) is 7.40. The lowest BCUT2D eigenvalue weighted by Gasteiger charge is -2.01. The highest BCUT2D eigenvalue weighted by molar-refractivity contribution is 7.13. The zero-order valence-corrected chi connectivity index (χ0v) is 11.3. The zero-order valence-electron chi connectivity index (χ0n) is 10.5. The maximum absolute atomic E-state index is 11.6. The fourth-order valence-corrected chi connectivity index (χ4v) is 2.29. The van der Waals surface area contributed by atoms with Crippen molar-refractivity contribution in [3.05, 3.63) is 11.1 Å². The van der Waals surface area contributed by atoms with Crippen LogP contribution in [0.5, 0.6) is 0 Å². The monoisotopic (exact) mass is 255 g/mol. The molecule has 0 atom stereocenters. The van der Waals surface area contributed by atoms with Crippen LogP contribution in [-0.2, 0) is 4.79 Å². The van der Waals surface area contributed by atoms with Gasteiger partial charge in [0.2, 0.25) is 5.91 Å². The van der Waals surface area contributed by atoms with Crippen LogP contribution < -0.4 is 11.1 Å². The number of nitrogens with two attached hydrogens (primary N) is 1. The number of hydrogen-bond donors (Lipinski definition) is 2. The van der Waals surface area contributed by atoms with E-state index in [0.717, 1.165) is 25.0 Å². The molecule has 0 saturated carbocycles. The topological polar surface area (TPSA) is 68.0 Å². The minimum Gasteiger partial charge on any atom is -0.330 e. The number of thiazole rings is 1. The molecule has 3 N–H and O–H groups in total. The van der Waals surface area contributed by atoms with Gasteiger partial charge in [0.25, 0.3) is 0 Å². The summed E-state index contributed by atoms with van der Waals surface area (Å²) < 4.78 is 0. The summed E-state index contributed by atoms with van der Waals surface area (Å²) in [4.78, 5) is 15.9.